The van der Waals surface area contributed by atoms with Crippen LogP contribution in [0.3, 0.4) is 0 Å². The van der Waals surface area contributed by atoms with Crippen LogP contribution in [0.4, 0.5) is 5.82 Å². The van der Waals surface area contributed by atoms with Crippen molar-refractivity contribution in [3.63, 3.8) is 0 Å². The predicted octanol–water partition coefficient (Wildman–Crippen LogP) is 0.681. The summed E-state index contributed by atoms with van der Waals surface area (Å²) in [5, 5.41) is 21.0. The van der Waals surface area contributed by atoms with Crippen LogP contribution in [0.1, 0.15) is 22.1 Å². The van der Waals surface area contributed by atoms with Gasteiger partial charge in [0.05, 0.1) is 18.3 Å². The van der Waals surface area contributed by atoms with Gasteiger partial charge in [-0.25, -0.2) is 4.98 Å². The highest BCUT2D eigenvalue weighted by molar-refractivity contribution is 7.70. The van der Waals surface area contributed by atoms with Gasteiger partial charge < -0.3 is 39.1 Å². The van der Waals surface area contributed by atoms with Gasteiger partial charge in [0.1, 0.15) is 18.3 Å². The van der Waals surface area contributed by atoms with E-state index in [1.807, 2.05) is 29.2 Å². The summed E-state index contributed by atoms with van der Waals surface area (Å²) in [6, 6.07) is 7.51. The molecule has 2 aromatic heterocycles. The molecule has 3 aliphatic rings. The first-order chi connectivity index (χ1) is 18.8. The van der Waals surface area contributed by atoms with Crippen LogP contribution in [-0.2, 0) is 24.8 Å². The average Bonchev–Trinajstić information content (AvgIpc) is 3.48. The summed E-state index contributed by atoms with van der Waals surface area (Å²) in [4.78, 5) is 55.5. The van der Waals surface area contributed by atoms with E-state index in [2.05, 4.69) is 15.0 Å². The topological polar surface area (TPSA) is 218 Å². The van der Waals surface area contributed by atoms with Gasteiger partial charge in [-0.2, -0.15) is 9.97 Å². The number of hydrogen-bond acceptors (Lipinski definition) is 11. The number of aliphatic hydroxyl groups excluding tert-OH is 2. The third kappa shape index (κ3) is 4.80. The smallest absolute Gasteiger partial charge is 0.340 e. The zero-order valence-electron chi connectivity index (χ0n) is 20.5. The number of ketones is 1. The molecule has 1 spiro atoms. The van der Waals surface area contributed by atoms with E-state index in [9.17, 15) is 29.0 Å². The maximum absolute atomic E-state index is 13.1. The highest BCUT2D eigenvalue weighted by Gasteiger charge is 2.54. The Hall–Kier alpha value is -2.29. The predicted molar refractivity (Wildman–Crippen MR) is 138 cm³/mol. The van der Waals surface area contributed by atoms with E-state index in [0.29, 0.717) is 30.8 Å². The van der Waals surface area contributed by atoms with Crippen LogP contribution in [0.2, 0.25) is 5.28 Å². The summed E-state index contributed by atoms with van der Waals surface area (Å²) in [5.41, 5.74) is 1.65. The molecule has 4 heterocycles. The Labute approximate surface area is 231 Å². The second-order valence-electron chi connectivity index (χ2n) is 10.2. The number of imidazole rings is 1. The van der Waals surface area contributed by atoms with E-state index >= 15 is 0 Å². The van der Waals surface area contributed by atoms with Gasteiger partial charge in [0.25, 0.3) is 0 Å². The van der Waals surface area contributed by atoms with Crippen molar-refractivity contribution in [2.75, 3.05) is 30.5 Å². The summed E-state index contributed by atoms with van der Waals surface area (Å²) in [6.07, 6.45) is -3.80. The van der Waals surface area contributed by atoms with E-state index in [1.165, 1.54) is 10.9 Å². The maximum atomic E-state index is 13.1. The average molecular weight is 616 g/mol. The standard InChI is InChI=1S/C22H24ClN5O10P2/c23-21-25-18(27-7-22(8-27)5-11-3-1-2-4-12(11)17(22)31)14-19(26-21)28(9-24-14)20-16(30)15(29)13(38-20)6-37-40(35,36)10-39(32,33)34/h1-4,9,13,15-16,20,29-30H,5-8,10H2,(H,35,36)(H2,32,33,34). The number of Topliss-reactive ketones (excluding diaryl/α,β-unsaturated/α-hetero) is 1. The van der Waals surface area contributed by atoms with Crippen LogP contribution in [0.25, 0.3) is 11.2 Å². The second-order valence-corrected chi connectivity index (χ2v) is 14.6. The van der Waals surface area contributed by atoms with Crippen LogP contribution in [0, 0.1) is 5.41 Å². The molecule has 2 fully saturated rings. The zero-order valence-corrected chi connectivity index (χ0v) is 23.1. The van der Waals surface area contributed by atoms with Crippen LogP contribution in [0.5, 0.6) is 0 Å². The monoisotopic (exact) mass is 615 g/mol. The van der Waals surface area contributed by atoms with Gasteiger partial charge >= 0.3 is 15.2 Å². The minimum absolute atomic E-state index is 0.0826. The second kappa shape index (κ2) is 9.63. The molecule has 5 unspecified atom stereocenters. The van der Waals surface area contributed by atoms with Gasteiger partial charge in [0.2, 0.25) is 5.28 Å². The number of carbonyl (C=O) groups excluding carboxylic acids is 1. The molecule has 18 heteroatoms. The molecule has 0 bridgehead atoms. The molecule has 0 radical (unpaired) electrons. The number of hydrogen-bond donors (Lipinski definition) is 5. The highest BCUT2D eigenvalue weighted by Crippen LogP contribution is 2.55. The Morgan fingerprint density at radius 1 is 1.12 bits per heavy atom. The first-order valence-electron chi connectivity index (χ1n) is 12.1. The summed E-state index contributed by atoms with van der Waals surface area (Å²) in [6.45, 7) is 0.0566. The fraction of sp³-hybridized carbons (Fsp3) is 0.455. The number of benzene rings is 1. The Kier molecular flexibility index (Phi) is 6.71. The van der Waals surface area contributed by atoms with Crippen molar-refractivity contribution in [1.82, 2.24) is 19.5 Å². The van der Waals surface area contributed by atoms with Crippen molar-refractivity contribution >= 4 is 49.6 Å². The van der Waals surface area contributed by atoms with E-state index in [-0.39, 0.29) is 16.7 Å². The van der Waals surface area contributed by atoms with E-state index in [4.69, 9.17) is 30.6 Å². The van der Waals surface area contributed by atoms with Crippen molar-refractivity contribution in [2.24, 2.45) is 5.41 Å². The lowest BCUT2D eigenvalue weighted by Gasteiger charge is -2.47. The molecule has 3 aromatic rings. The quantitative estimate of drug-likeness (QED) is 0.182. The Balaban J connectivity index is 1.21. The van der Waals surface area contributed by atoms with Crippen LogP contribution in [0.15, 0.2) is 30.6 Å². The molecule has 2 aliphatic heterocycles. The van der Waals surface area contributed by atoms with Gasteiger partial charge in [-0.1, -0.05) is 24.3 Å². The van der Waals surface area contributed by atoms with Crippen LogP contribution >= 0.6 is 26.8 Å². The number of nitrogens with zero attached hydrogens (tertiary/aromatic N) is 5. The molecule has 214 valence electrons. The van der Waals surface area contributed by atoms with E-state index < -0.39 is 57.7 Å². The normalized spacial score (nSPS) is 27.2. The van der Waals surface area contributed by atoms with Crippen molar-refractivity contribution in [2.45, 2.75) is 31.0 Å². The Morgan fingerprint density at radius 3 is 2.55 bits per heavy atom. The number of rotatable bonds is 7. The molecule has 0 saturated carbocycles. The number of halogens is 1. The summed E-state index contributed by atoms with van der Waals surface area (Å²) >= 11 is 6.23. The first kappa shape index (κ1) is 27.9. The van der Waals surface area contributed by atoms with Crippen molar-refractivity contribution in [3.05, 3.63) is 47.0 Å². The van der Waals surface area contributed by atoms with Gasteiger partial charge in [-0.3, -0.25) is 18.5 Å². The number of aliphatic hydroxyl groups is 2. The number of anilines is 1. The third-order valence-electron chi connectivity index (χ3n) is 7.35. The summed E-state index contributed by atoms with van der Waals surface area (Å²) in [5.74, 6) is -0.942. The SMILES string of the molecule is O=C1c2ccccc2CC12CN(c1nc(Cl)nc3c1ncn3C1OC(COP(=O)(O)CP(=O)(O)O)C(O)C1O)C2. The maximum Gasteiger partial charge on any atom is 0.340 e. The lowest BCUT2D eigenvalue weighted by molar-refractivity contribution is -0.0483. The summed E-state index contributed by atoms with van der Waals surface area (Å²) in [7, 11) is -9.56. The Bertz CT molecular complexity index is 1610. The number of aromatic nitrogens is 4. The van der Waals surface area contributed by atoms with Crippen LogP contribution in [-0.4, -0.2) is 94.1 Å². The third-order valence-corrected chi connectivity index (χ3v) is 11.0. The van der Waals surface area contributed by atoms with Gasteiger partial charge in [0, 0.05) is 18.7 Å². The minimum atomic E-state index is -4.85. The molecule has 2 saturated heterocycles. The molecule has 40 heavy (non-hydrogen) atoms. The fourth-order valence-corrected chi connectivity index (χ4v) is 8.29. The Morgan fingerprint density at radius 2 is 1.85 bits per heavy atom. The number of carbonyl (C=O) groups is 1. The molecule has 6 rings (SSSR count). The molecule has 5 N–H and O–H groups in total. The van der Waals surface area contributed by atoms with Gasteiger partial charge in [-0.15, -0.1) is 0 Å². The molecular formula is C22H24ClN5O10P2. The lowest BCUT2D eigenvalue weighted by atomic mass is 9.76. The van der Waals surface area contributed by atoms with Crippen molar-refractivity contribution < 1.29 is 48.1 Å². The molecule has 1 aromatic carbocycles. The molecular weight excluding hydrogens is 592 g/mol. The van der Waals surface area contributed by atoms with Crippen LogP contribution < -0.4 is 4.90 Å². The molecule has 15 nitrogen and oxygen atoms in total. The van der Waals surface area contributed by atoms with E-state index in [0.717, 1.165) is 11.1 Å². The van der Waals surface area contributed by atoms with Gasteiger partial charge in [-0.05, 0) is 23.6 Å². The lowest BCUT2D eigenvalue weighted by Crippen LogP contribution is -2.60. The minimum Gasteiger partial charge on any atom is -0.387 e. The van der Waals surface area contributed by atoms with Crippen molar-refractivity contribution in [1.29, 1.82) is 0 Å². The van der Waals surface area contributed by atoms with Crippen molar-refractivity contribution in [3.8, 4) is 0 Å². The number of ether oxygens (including phenoxy) is 1. The first-order valence-corrected chi connectivity index (χ1v) is 16.0. The van der Waals surface area contributed by atoms with Gasteiger partial charge in [0.15, 0.2) is 34.9 Å². The molecule has 1 aliphatic carbocycles. The highest BCUT2D eigenvalue weighted by atomic mass is 35.5. The molecule has 5 atom stereocenters. The largest absolute Gasteiger partial charge is 0.387 e. The summed E-state index contributed by atoms with van der Waals surface area (Å²) < 4.78 is 34.8. The fourth-order valence-electron chi connectivity index (χ4n) is 5.56. The molecule has 0 amide bonds. The number of fused-ring (bicyclic) bond motifs is 2. The zero-order chi connectivity index (χ0) is 28.6. The van der Waals surface area contributed by atoms with E-state index in [1.54, 1.807) is 0 Å².